The number of ether oxygens (including phenoxy) is 1. The van der Waals surface area contributed by atoms with Gasteiger partial charge >= 0.3 is 0 Å². The first-order valence-corrected chi connectivity index (χ1v) is 21.5. The lowest BCUT2D eigenvalue weighted by Gasteiger charge is -2.34. The molecule has 0 radical (unpaired) electrons. The fraction of sp³-hybridized carbons (Fsp3) is 0.440. The van der Waals surface area contributed by atoms with Gasteiger partial charge in [0.15, 0.2) is 0 Å². The number of carbonyl (C=O) groups excluding carboxylic acids is 1. The molecule has 0 saturated heterocycles. The fourth-order valence-electron chi connectivity index (χ4n) is 5.04. The largest absolute Gasteiger partial charge is 0.513 e. The predicted molar refractivity (Wildman–Crippen MR) is 253 cm³/mol. The van der Waals surface area contributed by atoms with Crippen molar-refractivity contribution in [2.24, 2.45) is 5.92 Å². The number of aliphatic hydroxyl groups excluding tert-OH is 1. The Morgan fingerprint density at radius 2 is 1.39 bits per heavy atom. The van der Waals surface area contributed by atoms with Crippen LogP contribution < -0.4 is 10.1 Å². The SMILES string of the molecule is C=C.C=C(C)O.C=C(C)Oc1ccc(C(C)CC)cc1.C=PCCC1C=CC(N2C=C(C)C(=C)NC2=C)C1.CC.CCC.CCC(C)c1ccc(CC=O)cc1. The highest BCUT2D eigenvalue weighted by Crippen LogP contribution is 2.30. The number of carbonyl (C=O) groups is 1. The number of nitrogens with one attached hydrogen (secondary N) is 1. The molecule has 6 heteroatoms. The van der Waals surface area contributed by atoms with Crippen LogP contribution in [0.25, 0.3) is 0 Å². The van der Waals surface area contributed by atoms with E-state index in [0.29, 0.717) is 30.2 Å². The van der Waals surface area contributed by atoms with Crippen LogP contribution in [0.5, 0.6) is 5.75 Å². The minimum atomic E-state index is 0.167. The smallest absolute Gasteiger partial charge is 0.126 e. The van der Waals surface area contributed by atoms with Gasteiger partial charge in [0, 0.05) is 18.3 Å². The number of rotatable bonds is 12. The number of nitrogens with zero attached hydrogens (tertiary/aromatic N) is 1. The second-order valence-electron chi connectivity index (χ2n) is 13.5. The van der Waals surface area contributed by atoms with Crippen LogP contribution in [0, 0.1) is 5.92 Å². The van der Waals surface area contributed by atoms with Crippen molar-refractivity contribution < 1.29 is 14.6 Å². The molecule has 4 unspecified atom stereocenters. The van der Waals surface area contributed by atoms with E-state index in [1.807, 2.05) is 45.0 Å². The Hall–Kier alpha value is -4.34. The predicted octanol–water partition coefficient (Wildman–Crippen LogP) is 14.9. The summed E-state index contributed by atoms with van der Waals surface area (Å²) >= 11 is 0. The molecule has 2 aromatic rings. The van der Waals surface area contributed by atoms with Crippen molar-refractivity contribution >= 4 is 20.8 Å². The number of hydrogen-bond donors (Lipinski definition) is 2. The van der Waals surface area contributed by atoms with Crippen molar-refractivity contribution in [3.63, 3.8) is 0 Å². The lowest BCUT2D eigenvalue weighted by Crippen LogP contribution is -2.37. The Bertz CT molecular complexity index is 1450. The summed E-state index contributed by atoms with van der Waals surface area (Å²) < 4.78 is 5.39. The highest BCUT2D eigenvalue weighted by atomic mass is 31.1. The quantitative estimate of drug-likeness (QED) is 0.0971. The molecule has 0 fully saturated rings. The van der Waals surface area contributed by atoms with E-state index in [2.05, 4.69) is 147 Å². The Kier molecular flexibility index (Phi) is 35.1. The molecular formula is C50H79N2O3P. The van der Waals surface area contributed by atoms with Gasteiger partial charge in [0.1, 0.15) is 17.9 Å². The molecule has 0 aromatic heterocycles. The lowest BCUT2D eigenvalue weighted by atomic mass is 9.97. The van der Waals surface area contributed by atoms with Gasteiger partial charge in [0.25, 0.3) is 0 Å². The monoisotopic (exact) mass is 787 g/mol. The van der Waals surface area contributed by atoms with E-state index in [1.54, 1.807) is 0 Å². The van der Waals surface area contributed by atoms with E-state index in [4.69, 9.17) is 9.84 Å². The van der Waals surface area contributed by atoms with Crippen LogP contribution in [0.2, 0.25) is 0 Å². The van der Waals surface area contributed by atoms with Crippen molar-refractivity contribution in [1.82, 2.24) is 10.2 Å². The molecule has 0 spiro atoms. The number of aldehydes is 1. The minimum absolute atomic E-state index is 0.167. The summed E-state index contributed by atoms with van der Waals surface area (Å²) in [6, 6.07) is 17.0. The third-order valence-electron chi connectivity index (χ3n) is 8.41. The van der Waals surface area contributed by atoms with Gasteiger partial charge in [-0.05, 0) is 105 Å². The van der Waals surface area contributed by atoms with Crippen LogP contribution in [-0.4, -0.2) is 34.8 Å². The first-order chi connectivity index (χ1) is 26.7. The van der Waals surface area contributed by atoms with E-state index >= 15 is 0 Å². The van der Waals surface area contributed by atoms with Gasteiger partial charge in [0.05, 0.1) is 17.6 Å². The van der Waals surface area contributed by atoms with Gasteiger partial charge in [-0.3, -0.25) is 0 Å². The van der Waals surface area contributed by atoms with E-state index in [1.165, 1.54) is 63.7 Å². The van der Waals surface area contributed by atoms with Gasteiger partial charge in [-0.25, -0.2) is 0 Å². The number of allylic oxidation sites excluding steroid dienone is 4. The van der Waals surface area contributed by atoms with Crippen molar-refractivity contribution in [3.05, 3.63) is 152 Å². The average molecular weight is 787 g/mol. The van der Waals surface area contributed by atoms with Gasteiger partial charge < -0.3 is 24.9 Å². The van der Waals surface area contributed by atoms with Gasteiger partial charge in [0.2, 0.25) is 0 Å². The second kappa shape index (κ2) is 35.1. The van der Waals surface area contributed by atoms with Crippen molar-refractivity contribution in [2.45, 2.75) is 133 Å². The van der Waals surface area contributed by atoms with Crippen molar-refractivity contribution in [1.29, 1.82) is 0 Å². The summed E-state index contributed by atoms with van der Waals surface area (Å²) in [5.74, 6) is 4.61. The molecule has 312 valence electrons. The van der Waals surface area contributed by atoms with Gasteiger partial charge in [-0.15, -0.1) is 21.4 Å². The molecule has 1 aliphatic heterocycles. The van der Waals surface area contributed by atoms with E-state index < -0.39 is 0 Å². The molecule has 0 saturated carbocycles. The topological polar surface area (TPSA) is 61.8 Å². The molecule has 4 rings (SSSR count). The Labute approximate surface area is 346 Å². The lowest BCUT2D eigenvalue weighted by molar-refractivity contribution is -0.107. The first kappa shape index (κ1) is 56.0. The number of hydrogen-bond acceptors (Lipinski definition) is 5. The molecule has 56 heavy (non-hydrogen) atoms. The van der Waals surface area contributed by atoms with Gasteiger partial charge in [-0.2, -0.15) is 0 Å². The van der Waals surface area contributed by atoms with Crippen LogP contribution in [0.15, 0.2) is 135 Å². The zero-order valence-electron chi connectivity index (χ0n) is 37.3. The Morgan fingerprint density at radius 3 is 1.80 bits per heavy atom. The van der Waals surface area contributed by atoms with Crippen LogP contribution in [0.1, 0.15) is 137 Å². The molecule has 1 heterocycles. The normalized spacial score (nSPS) is 15.8. The summed E-state index contributed by atoms with van der Waals surface area (Å²) in [6.45, 7) is 43.4. The van der Waals surface area contributed by atoms with Crippen molar-refractivity contribution in [2.75, 3.05) is 6.16 Å². The average Bonchev–Trinajstić information content (AvgIpc) is 3.66. The molecule has 4 atom stereocenters. The third-order valence-corrected chi connectivity index (χ3v) is 8.99. The zero-order valence-corrected chi connectivity index (χ0v) is 38.2. The molecule has 2 aromatic carbocycles. The molecule has 1 aliphatic carbocycles. The van der Waals surface area contributed by atoms with Crippen LogP contribution in [0.3, 0.4) is 0 Å². The first-order valence-electron chi connectivity index (χ1n) is 20.2. The van der Waals surface area contributed by atoms with E-state index in [-0.39, 0.29) is 5.76 Å². The number of benzene rings is 2. The summed E-state index contributed by atoms with van der Waals surface area (Å²) in [7, 11) is 1.25. The summed E-state index contributed by atoms with van der Waals surface area (Å²) in [4.78, 5) is 12.5. The summed E-state index contributed by atoms with van der Waals surface area (Å²) in [5, 5.41) is 11.1. The molecule has 0 bridgehead atoms. The molecule has 5 nitrogen and oxygen atoms in total. The third kappa shape index (κ3) is 25.7. The highest BCUT2D eigenvalue weighted by molar-refractivity contribution is 7.36. The second-order valence-corrected chi connectivity index (χ2v) is 14.4. The number of aliphatic hydroxyl groups is 1. The standard InChI is InChI=1S/C15H21N2P.C13H18O.C12H16O.C3H6O.C3H8.C2H6.C2H4/c1-11-10-17(13(3)16-12(11)2)15-6-5-14(9-15)7-8-18-4;1-5-11(4)12-6-8-13(9-7-12)14-10(2)3;1-3-10(2)12-6-4-11(5-7-12)8-9-13;1-3(2)4;1-3-2;2*1-2/h5-6,10,14-16H,2-4,7-9H2,1H3;6-9,11H,2,5H2,1,3-4H3;4-7,9-10H,3,8H2,1-2H3;4H,1H2,2H3;3H2,1-2H3;1-2H3;1-2H2. The minimum Gasteiger partial charge on any atom is -0.513 e. The van der Waals surface area contributed by atoms with Crippen molar-refractivity contribution in [3.8, 4) is 5.75 Å². The van der Waals surface area contributed by atoms with Crippen LogP contribution in [-0.2, 0) is 11.2 Å². The van der Waals surface area contributed by atoms with Gasteiger partial charge in [-0.1, -0.05) is 143 Å². The van der Waals surface area contributed by atoms with E-state index in [9.17, 15) is 4.79 Å². The Morgan fingerprint density at radius 1 is 0.929 bits per heavy atom. The maximum absolute atomic E-state index is 10.2. The molecule has 0 amide bonds. The summed E-state index contributed by atoms with van der Waals surface area (Å²) in [5.41, 5.74) is 5.95. The highest BCUT2D eigenvalue weighted by Gasteiger charge is 2.26. The zero-order chi connectivity index (χ0) is 43.6. The maximum Gasteiger partial charge on any atom is 0.126 e. The fourth-order valence-corrected chi connectivity index (χ4v) is 5.56. The Balaban J connectivity index is -0.000000672. The molecule has 2 aliphatic rings. The maximum atomic E-state index is 10.2. The van der Waals surface area contributed by atoms with Crippen LogP contribution >= 0.6 is 8.20 Å². The molecular weight excluding hydrogens is 708 g/mol. The van der Waals surface area contributed by atoms with E-state index in [0.717, 1.165) is 41.3 Å². The molecule has 2 N–H and O–H groups in total. The summed E-state index contributed by atoms with van der Waals surface area (Å²) in [6.07, 6.45) is 19.3. The van der Waals surface area contributed by atoms with Crippen LogP contribution in [0.4, 0.5) is 0 Å².